The van der Waals surface area contributed by atoms with Gasteiger partial charge in [0, 0.05) is 48.8 Å². The van der Waals surface area contributed by atoms with Gasteiger partial charge in [-0.3, -0.25) is 9.00 Å². The first-order valence-electron chi connectivity index (χ1n) is 7.79. The number of hydrogen-bond acceptors (Lipinski definition) is 4. The van der Waals surface area contributed by atoms with Crippen LogP contribution < -0.4 is 9.62 Å². The molecule has 1 aliphatic heterocycles. The molecule has 1 saturated heterocycles. The van der Waals surface area contributed by atoms with Crippen molar-refractivity contribution in [2.75, 3.05) is 35.8 Å². The molecule has 2 aromatic carbocycles. The predicted molar refractivity (Wildman–Crippen MR) is 98.6 cm³/mol. The number of amides is 1. The number of para-hydroxylation sites is 1. The Bertz CT molecular complexity index is 780. The third kappa shape index (κ3) is 4.31. The minimum Gasteiger partial charge on any atom is -0.755 e. The fraction of sp³-hybridized carbons (Fsp3) is 0.235. The molecule has 1 heterocycles. The van der Waals surface area contributed by atoms with E-state index >= 15 is 0 Å². The van der Waals surface area contributed by atoms with Crippen LogP contribution in [0.3, 0.4) is 0 Å². The highest BCUT2D eigenvalue weighted by atomic mass is 35.5. The fourth-order valence-corrected chi connectivity index (χ4v) is 3.34. The second kappa shape index (κ2) is 7.86. The van der Waals surface area contributed by atoms with Crippen LogP contribution >= 0.6 is 11.6 Å². The fourth-order valence-electron chi connectivity index (χ4n) is 2.83. The van der Waals surface area contributed by atoms with Gasteiger partial charge in [0.25, 0.3) is 5.91 Å². The molecule has 2 aromatic rings. The highest BCUT2D eigenvalue weighted by Gasteiger charge is 2.24. The van der Waals surface area contributed by atoms with Crippen LogP contribution in [-0.4, -0.2) is 45.7 Å². The number of carbonyl (C=O) groups excluding carboxylic acids is 1. The summed E-state index contributed by atoms with van der Waals surface area (Å²) in [6.07, 6.45) is 0. The van der Waals surface area contributed by atoms with Gasteiger partial charge in [0.2, 0.25) is 0 Å². The van der Waals surface area contributed by atoms with Gasteiger partial charge in [-0.2, -0.15) is 0 Å². The zero-order valence-electron chi connectivity index (χ0n) is 13.4. The molecule has 0 bridgehead atoms. The van der Waals surface area contributed by atoms with Gasteiger partial charge in [-0.05, 0) is 30.3 Å². The van der Waals surface area contributed by atoms with Crippen molar-refractivity contribution in [3.05, 3.63) is 59.1 Å². The molecule has 0 aliphatic carbocycles. The van der Waals surface area contributed by atoms with E-state index < -0.39 is 11.3 Å². The maximum absolute atomic E-state index is 12.7. The van der Waals surface area contributed by atoms with E-state index in [2.05, 4.69) is 9.62 Å². The van der Waals surface area contributed by atoms with Gasteiger partial charge in [0.1, 0.15) is 0 Å². The minimum absolute atomic E-state index is 0.196. The Kier molecular flexibility index (Phi) is 5.57. The second-order valence-electron chi connectivity index (χ2n) is 5.65. The first kappa shape index (κ1) is 17.7. The molecule has 1 N–H and O–H groups in total. The van der Waals surface area contributed by atoms with Crippen molar-refractivity contribution >= 4 is 40.1 Å². The quantitative estimate of drug-likeness (QED) is 0.829. The first-order valence-corrected chi connectivity index (χ1v) is 9.24. The summed E-state index contributed by atoms with van der Waals surface area (Å²) in [5, 5.41) is 0.303. The summed E-state index contributed by atoms with van der Waals surface area (Å²) < 4.78 is 23.8. The molecule has 25 heavy (non-hydrogen) atoms. The number of halogens is 1. The molecule has 132 valence electrons. The summed E-state index contributed by atoms with van der Waals surface area (Å²) in [5.41, 5.74) is 1.74. The van der Waals surface area contributed by atoms with Gasteiger partial charge in [-0.1, -0.05) is 29.8 Å². The third-order valence-corrected chi connectivity index (χ3v) is 4.82. The number of benzene rings is 2. The van der Waals surface area contributed by atoms with Gasteiger partial charge < -0.3 is 19.1 Å². The lowest BCUT2D eigenvalue weighted by atomic mass is 10.1. The molecule has 0 aromatic heterocycles. The van der Waals surface area contributed by atoms with Crippen molar-refractivity contribution in [3.63, 3.8) is 0 Å². The molecule has 6 nitrogen and oxygen atoms in total. The number of nitrogens with one attached hydrogen (secondary N) is 1. The summed E-state index contributed by atoms with van der Waals surface area (Å²) in [6.45, 7) is 2.62. The monoisotopic (exact) mass is 378 g/mol. The maximum Gasteiger partial charge on any atom is 0.255 e. The van der Waals surface area contributed by atoms with Crippen LogP contribution in [0.5, 0.6) is 0 Å². The van der Waals surface area contributed by atoms with Crippen molar-refractivity contribution in [2.24, 2.45) is 0 Å². The summed E-state index contributed by atoms with van der Waals surface area (Å²) >= 11 is 3.68. The van der Waals surface area contributed by atoms with Crippen LogP contribution in [0.4, 0.5) is 11.4 Å². The lowest BCUT2D eigenvalue weighted by Gasteiger charge is -2.36. The highest BCUT2D eigenvalue weighted by Crippen LogP contribution is 2.24. The Hall–Kier alpha value is -2.09. The SMILES string of the molecule is O=C(c1cc(NS(=O)[O-])ccc1Cl)N1CCN(c2ccccc2)CC1. The normalized spacial score (nSPS) is 15.8. The molecule has 8 heteroatoms. The van der Waals surface area contributed by atoms with Crippen LogP contribution in [0.2, 0.25) is 5.02 Å². The van der Waals surface area contributed by atoms with Gasteiger partial charge in [-0.25, -0.2) is 0 Å². The largest absolute Gasteiger partial charge is 0.755 e. The van der Waals surface area contributed by atoms with E-state index in [4.69, 9.17) is 11.6 Å². The lowest BCUT2D eigenvalue weighted by Crippen LogP contribution is -2.48. The average Bonchev–Trinajstić information content (AvgIpc) is 2.63. The van der Waals surface area contributed by atoms with E-state index in [1.54, 1.807) is 4.90 Å². The van der Waals surface area contributed by atoms with Crippen LogP contribution in [-0.2, 0) is 11.3 Å². The average molecular weight is 379 g/mol. The van der Waals surface area contributed by atoms with Crippen LogP contribution in [0.1, 0.15) is 10.4 Å². The number of hydrogen-bond donors (Lipinski definition) is 1. The molecule has 1 fully saturated rings. The van der Waals surface area contributed by atoms with Gasteiger partial charge in [0.05, 0.1) is 10.6 Å². The lowest BCUT2D eigenvalue weighted by molar-refractivity contribution is 0.0747. The summed E-state index contributed by atoms with van der Waals surface area (Å²) in [6, 6.07) is 14.5. The molecule has 0 radical (unpaired) electrons. The van der Waals surface area contributed by atoms with Gasteiger partial charge in [0.15, 0.2) is 0 Å². The van der Waals surface area contributed by atoms with Crippen LogP contribution in [0.25, 0.3) is 0 Å². The molecule has 0 saturated carbocycles. The molecular formula is C17H17ClN3O3S-. The molecule has 0 spiro atoms. The molecule has 1 unspecified atom stereocenters. The molecule has 1 amide bonds. The molecule has 1 aliphatic rings. The van der Waals surface area contributed by atoms with E-state index in [0.717, 1.165) is 18.8 Å². The Labute approximate surface area is 153 Å². The number of piperazine rings is 1. The van der Waals surface area contributed by atoms with Crippen molar-refractivity contribution in [1.82, 2.24) is 4.90 Å². The summed E-state index contributed by atoms with van der Waals surface area (Å²) in [7, 11) is 0. The van der Waals surface area contributed by atoms with E-state index in [1.165, 1.54) is 18.2 Å². The highest BCUT2D eigenvalue weighted by molar-refractivity contribution is 7.80. The zero-order valence-corrected chi connectivity index (χ0v) is 14.9. The van der Waals surface area contributed by atoms with Gasteiger partial charge >= 0.3 is 0 Å². The maximum atomic E-state index is 12.7. The van der Waals surface area contributed by atoms with Crippen molar-refractivity contribution in [1.29, 1.82) is 0 Å². The zero-order chi connectivity index (χ0) is 17.8. The smallest absolute Gasteiger partial charge is 0.255 e. The second-order valence-corrected chi connectivity index (χ2v) is 6.73. The Morgan fingerprint density at radius 2 is 1.76 bits per heavy atom. The summed E-state index contributed by atoms with van der Waals surface area (Å²) in [5.74, 6) is -0.196. The van der Waals surface area contributed by atoms with E-state index in [9.17, 15) is 13.6 Å². The molecular weight excluding hydrogens is 362 g/mol. The topological polar surface area (TPSA) is 75.7 Å². The number of rotatable bonds is 4. The standard InChI is InChI=1S/C17H18ClN3O3S/c18-16-7-6-13(19-25(23)24)12-15(16)17(22)21-10-8-20(9-11-21)14-4-2-1-3-5-14/h1-7,12,19H,8-11H2,(H,23,24)/p-1. The van der Waals surface area contributed by atoms with Crippen molar-refractivity contribution in [3.8, 4) is 0 Å². The molecule has 1 atom stereocenters. The summed E-state index contributed by atoms with van der Waals surface area (Å²) in [4.78, 5) is 16.7. The van der Waals surface area contributed by atoms with E-state index in [1.807, 2.05) is 30.3 Å². The Balaban J connectivity index is 1.69. The minimum atomic E-state index is -2.45. The first-order chi connectivity index (χ1) is 12.0. The van der Waals surface area contributed by atoms with Crippen LogP contribution in [0, 0.1) is 0 Å². The number of carbonyl (C=O) groups is 1. The Morgan fingerprint density at radius 1 is 1.08 bits per heavy atom. The molecule has 3 rings (SSSR count). The predicted octanol–water partition coefficient (Wildman–Crippen LogP) is 2.51. The van der Waals surface area contributed by atoms with E-state index in [-0.39, 0.29) is 5.91 Å². The number of nitrogens with zero attached hydrogens (tertiary/aromatic N) is 2. The third-order valence-electron chi connectivity index (χ3n) is 4.09. The number of anilines is 2. The van der Waals surface area contributed by atoms with Gasteiger partial charge in [-0.15, -0.1) is 0 Å². The van der Waals surface area contributed by atoms with Crippen molar-refractivity contribution in [2.45, 2.75) is 0 Å². The van der Waals surface area contributed by atoms with Crippen molar-refractivity contribution < 1.29 is 13.6 Å². The Morgan fingerprint density at radius 3 is 2.40 bits per heavy atom. The van der Waals surface area contributed by atoms with E-state index in [0.29, 0.717) is 29.4 Å². The van der Waals surface area contributed by atoms with Crippen LogP contribution in [0.15, 0.2) is 48.5 Å².